The second kappa shape index (κ2) is 5.95. The van der Waals surface area contributed by atoms with E-state index in [-0.39, 0.29) is 17.1 Å². The molecule has 94 valence electrons. The van der Waals surface area contributed by atoms with Crippen LogP contribution < -0.4 is 0 Å². The lowest BCUT2D eigenvalue weighted by atomic mass is 9.64. The fourth-order valence-corrected chi connectivity index (χ4v) is 2.72. The monoisotopic (exact) mass is 234 g/mol. The van der Waals surface area contributed by atoms with Gasteiger partial charge in [-0.05, 0) is 32.6 Å². The van der Waals surface area contributed by atoms with Gasteiger partial charge in [-0.15, -0.1) is 0 Å². The van der Waals surface area contributed by atoms with E-state index in [1.807, 2.05) is 0 Å². The predicted molar refractivity (Wildman–Crippen MR) is 67.9 cm³/mol. The molecule has 1 aliphatic carbocycles. The van der Waals surface area contributed by atoms with Crippen LogP contribution in [0.3, 0.4) is 0 Å². The summed E-state index contributed by atoms with van der Waals surface area (Å²) in [5.41, 5.74) is 0.194. The molecule has 1 N–H and O–H groups in total. The average Bonchev–Trinajstić information content (AvgIpc) is 2.31. The van der Waals surface area contributed by atoms with E-state index in [1.54, 1.807) is 6.92 Å². The average molecular weight is 234 g/mol. The number of carbonyl (C=O) groups excluding carboxylic acids is 1. The summed E-state index contributed by atoms with van der Waals surface area (Å²) in [6, 6.07) is 2.18. The third-order valence-corrected chi connectivity index (χ3v) is 4.05. The second-order valence-electron chi connectivity index (χ2n) is 5.20. The Labute approximate surface area is 104 Å². The van der Waals surface area contributed by atoms with Gasteiger partial charge in [0, 0.05) is 11.1 Å². The Kier molecular flexibility index (Phi) is 4.86. The number of carbonyl (C=O) groups is 1. The summed E-state index contributed by atoms with van der Waals surface area (Å²) in [4.78, 5) is 11.9. The first-order valence-electron chi connectivity index (χ1n) is 6.53. The highest BCUT2D eigenvalue weighted by molar-refractivity contribution is 5.91. The van der Waals surface area contributed by atoms with Crippen molar-refractivity contribution in [3.63, 3.8) is 0 Å². The number of nitrogens with zero attached hydrogens (tertiary/aromatic N) is 1. The zero-order chi connectivity index (χ0) is 12.9. The Morgan fingerprint density at radius 1 is 1.59 bits per heavy atom. The first-order valence-corrected chi connectivity index (χ1v) is 6.53. The first-order chi connectivity index (χ1) is 8.05. The SMILES string of the molecule is CCCCCC1(C(C)=O)CCC(=N)C(C#N)C1. The molecule has 2 atom stereocenters. The molecule has 0 heterocycles. The molecular formula is C14H22N2O. The topological polar surface area (TPSA) is 64.7 Å². The van der Waals surface area contributed by atoms with Crippen LogP contribution in [0.5, 0.6) is 0 Å². The summed E-state index contributed by atoms with van der Waals surface area (Å²) >= 11 is 0. The van der Waals surface area contributed by atoms with Crippen LogP contribution in [0.1, 0.15) is 58.8 Å². The van der Waals surface area contributed by atoms with Gasteiger partial charge in [-0.2, -0.15) is 5.26 Å². The molecule has 3 heteroatoms. The lowest BCUT2D eigenvalue weighted by molar-refractivity contribution is -0.128. The Morgan fingerprint density at radius 2 is 2.29 bits per heavy atom. The van der Waals surface area contributed by atoms with Gasteiger partial charge < -0.3 is 5.41 Å². The molecule has 1 saturated carbocycles. The van der Waals surface area contributed by atoms with Crippen LogP contribution in [0.25, 0.3) is 0 Å². The van der Waals surface area contributed by atoms with Gasteiger partial charge in [0.25, 0.3) is 0 Å². The maximum Gasteiger partial charge on any atom is 0.136 e. The molecule has 0 radical (unpaired) electrons. The predicted octanol–water partition coefficient (Wildman–Crippen LogP) is 3.49. The van der Waals surface area contributed by atoms with Gasteiger partial charge in [-0.3, -0.25) is 4.79 Å². The summed E-state index contributed by atoms with van der Waals surface area (Å²) in [6.07, 6.45) is 6.19. The molecule has 0 amide bonds. The minimum atomic E-state index is -0.339. The van der Waals surface area contributed by atoms with Gasteiger partial charge in [0.2, 0.25) is 0 Å². The van der Waals surface area contributed by atoms with Crippen LogP contribution >= 0.6 is 0 Å². The van der Waals surface area contributed by atoms with Gasteiger partial charge in [-0.25, -0.2) is 0 Å². The number of ketones is 1. The molecule has 3 nitrogen and oxygen atoms in total. The molecule has 2 unspecified atom stereocenters. The summed E-state index contributed by atoms with van der Waals surface area (Å²) in [7, 11) is 0. The normalized spacial score (nSPS) is 28.8. The molecule has 0 aromatic heterocycles. The minimum Gasteiger partial charge on any atom is -0.308 e. The number of Topliss-reactive ketones (excluding diaryl/α,β-unsaturated/α-hetero) is 1. The van der Waals surface area contributed by atoms with Crippen LogP contribution in [0.4, 0.5) is 0 Å². The van der Waals surface area contributed by atoms with Crippen molar-refractivity contribution >= 4 is 11.5 Å². The smallest absolute Gasteiger partial charge is 0.136 e. The quantitative estimate of drug-likeness (QED) is 0.740. The van der Waals surface area contributed by atoms with Crippen LogP contribution in [0.2, 0.25) is 0 Å². The lowest BCUT2D eigenvalue weighted by Gasteiger charge is -2.37. The zero-order valence-electron chi connectivity index (χ0n) is 10.9. The maximum atomic E-state index is 11.9. The fourth-order valence-electron chi connectivity index (χ4n) is 2.72. The van der Waals surface area contributed by atoms with Gasteiger partial charge in [0.1, 0.15) is 5.78 Å². The van der Waals surface area contributed by atoms with Crippen molar-refractivity contribution in [1.29, 1.82) is 10.7 Å². The molecule has 1 rings (SSSR count). The molecule has 0 saturated heterocycles. The third-order valence-electron chi connectivity index (χ3n) is 4.05. The summed E-state index contributed by atoms with van der Waals surface area (Å²) < 4.78 is 0. The second-order valence-corrected chi connectivity index (χ2v) is 5.20. The fraction of sp³-hybridized carbons (Fsp3) is 0.786. The molecule has 17 heavy (non-hydrogen) atoms. The van der Waals surface area contributed by atoms with Crippen LogP contribution in [-0.4, -0.2) is 11.5 Å². The highest BCUT2D eigenvalue weighted by Gasteiger charge is 2.41. The standard InChI is InChI=1S/C14H22N2O/c1-3-4-5-7-14(11(2)17)8-6-13(16)12(9-14)10-15/h12,16H,3-9H2,1-2H3. The van der Waals surface area contributed by atoms with E-state index >= 15 is 0 Å². The zero-order valence-corrected chi connectivity index (χ0v) is 10.9. The Bertz CT molecular complexity index is 343. The van der Waals surface area contributed by atoms with Gasteiger partial charge >= 0.3 is 0 Å². The van der Waals surface area contributed by atoms with Crippen molar-refractivity contribution in [2.75, 3.05) is 0 Å². The van der Waals surface area contributed by atoms with Crippen molar-refractivity contribution in [3.05, 3.63) is 0 Å². The first kappa shape index (κ1) is 13.9. The Morgan fingerprint density at radius 3 is 2.82 bits per heavy atom. The molecule has 0 aromatic carbocycles. The van der Waals surface area contributed by atoms with E-state index < -0.39 is 0 Å². The number of unbranched alkanes of at least 4 members (excludes halogenated alkanes) is 2. The van der Waals surface area contributed by atoms with Crippen molar-refractivity contribution < 1.29 is 4.79 Å². The molecule has 0 bridgehead atoms. The summed E-state index contributed by atoms with van der Waals surface area (Å²) in [6.45, 7) is 3.80. The maximum absolute atomic E-state index is 11.9. The van der Waals surface area contributed by atoms with Gasteiger partial charge in [0.05, 0.1) is 12.0 Å². The lowest BCUT2D eigenvalue weighted by Crippen LogP contribution is -2.38. The Hall–Kier alpha value is -1.17. The number of hydrogen-bond donors (Lipinski definition) is 1. The molecule has 0 spiro atoms. The van der Waals surface area contributed by atoms with Crippen LogP contribution in [-0.2, 0) is 4.79 Å². The molecule has 1 fully saturated rings. The van der Waals surface area contributed by atoms with E-state index in [1.165, 1.54) is 0 Å². The van der Waals surface area contributed by atoms with Gasteiger partial charge in [0.15, 0.2) is 0 Å². The van der Waals surface area contributed by atoms with E-state index in [4.69, 9.17) is 10.7 Å². The van der Waals surface area contributed by atoms with E-state index in [9.17, 15) is 4.79 Å². The number of nitriles is 1. The minimum absolute atomic E-state index is 0.210. The Balaban J connectivity index is 2.75. The van der Waals surface area contributed by atoms with E-state index in [2.05, 4.69) is 13.0 Å². The largest absolute Gasteiger partial charge is 0.308 e. The highest BCUT2D eigenvalue weighted by Crippen LogP contribution is 2.42. The van der Waals surface area contributed by atoms with Gasteiger partial charge in [-0.1, -0.05) is 26.2 Å². The van der Waals surface area contributed by atoms with Crippen LogP contribution in [0, 0.1) is 28.1 Å². The van der Waals surface area contributed by atoms with E-state index in [0.717, 1.165) is 32.1 Å². The third kappa shape index (κ3) is 3.15. The van der Waals surface area contributed by atoms with Crippen molar-refractivity contribution in [2.45, 2.75) is 58.8 Å². The molecule has 0 aliphatic heterocycles. The molecular weight excluding hydrogens is 212 g/mol. The number of nitrogens with one attached hydrogen (secondary N) is 1. The highest BCUT2D eigenvalue weighted by atomic mass is 16.1. The van der Waals surface area contributed by atoms with E-state index in [0.29, 0.717) is 18.6 Å². The molecule has 0 aromatic rings. The van der Waals surface area contributed by atoms with Crippen LogP contribution in [0.15, 0.2) is 0 Å². The number of hydrogen-bond acceptors (Lipinski definition) is 3. The van der Waals surface area contributed by atoms with Crippen molar-refractivity contribution in [1.82, 2.24) is 0 Å². The van der Waals surface area contributed by atoms with Crippen molar-refractivity contribution in [3.8, 4) is 6.07 Å². The summed E-state index contributed by atoms with van der Waals surface area (Å²) in [5, 5.41) is 16.8. The molecule has 1 aliphatic rings. The number of rotatable bonds is 5. The summed E-state index contributed by atoms with van der Waals surface area (Å²) in [5.74, 6) is -0.129. The van der Waals surface area contributed by atoms with Crippen molar-refractivity contribution in [2.24, 2.45) is 11.3 Å².